The molecule has 1 aromatic carbocycles. The number of benzene rings is 1. The van der Waals surface area contributed by atoms with E-state index in [1.807, 2.05) is 43.3 Å². The molecule has 8 heteroatoms. The molecule has 152 valence electrons. The van der Waals surface area contributed by atoms with E-state index in [2.05, 4.69) is 9.97 Å². The molecule has 0 amide bonds. The van der Waals surface area contributed by atoms with Crippen LogP contribution in [0, 0.1) is 6.92 Å². The van der Waals surface area contributed by atoms with Gasteiger partial charge in [0.15, 0.2) is 5.03 Å². The van der Waals surface area contributed by atoms with Crippen LogP contribution in [0.3, 0.4) is 0 Å². The average Bonchev–Trinajstić information content (AvgIpc) is 3.37. The molecule has 0 bridgehead atoms. The highest BCUT2D eigenvalue weighted by molar-refractivity contribution is 7.89. The van der Waals surface area contributed by atoms with E-state index in [0.717, 1.165) is 41.1 Å². The first kappa shape index (κ1) is 19.6. The van der Waals surface area contributed by atoms with Crippen LogP contribution in [-0.2, 0) is 17.1 Å². The molecular formula is C21H24N4O3S. The average molecular weight is 413 g/mol. The highest BCUT2D eigenvalue weighted by Crippen LogP contribution is 2.37. The Kier molecular flexibility index (Phi) is 5.14. The number of hydrogen-bond acceptors (Lipinski definition) is 5. The lowest BCUT2D eigenvalue weighted by Crippen LogP contribution is -2.31. The summed E-state index contributed by atoms with van der Waals surface area (Å²) in [5, 5.41) is 0.0786. The third-order valence-electron chi connectivity index (χ3n) is 5.20. The van der Waals surface area contributed by atoms with E-state index < -0.39 is 10.0 Å². The predicted molar refractivity (Wildman–Crippen MR) is 110 cm³/mol. The Bertz CT molecular complexity index is 1120. The summed E-state index contributed by atoms with van der Waals surface area (Å²) in [6, 6.07) is 11.5. The van der Waals surface area contributed by atoms with E-state index in [1.165, 1.54) is 16.8 Å². The standard InChI is InChI=1S/C21H24N4O3S/c1-15-11-17(16-6-8-18(28-3)9-7-16)12-19(23-15)20-5-4-10-25(20)29(26,27)21-13-24(2)14-22-21/h6-9,11-14,20H,4-5,10H2,1-3H3. The van der Waals surface area contributed by atoms with Crippen LogP contribution in [0.2, 0.25) is 0 Å². The van der Waals surface area contributed by atoms with Crippen molar-refractivity contribution >= 4 is 10.0 Å². The number of aryl methyl sites for hydroxylation is 2. The molecule has 1 aliphatic heterocycles. The molecule has 1 atom stereocenters. The summed E-state index contributed by atoms with van der Waals surface area (Å²) in [4.78, 5) is 8.74. The smallest absolute Gasteiger partial charge is 0.262 e. The first-order chi connectivity index (χ1) is 13.9. The summed E-state index contributed by atoms with van der Waals surface area (Å²) in [5.74, 6) is 0.795. The van der Waals surface area contributed by atoms with Gasteiger partial charge < -0.3 is 9.30 Å². The van der Waals surface area contributed by atoms with Crippen molar-refractivity contribution in [2.45, 2.75) is 30.8 Å². The SMILES string of the molecule is COc1ccc(-c2cc(C)nc(C3CCCN3S(=O)(=O)c3cn(C)cn3)c2)cc1. The molecule has 29 heavy (non-hydrogen) atoms. The molecule has 0 radical (unpaired) electrons. The Balaban J connectivity index is 1.71. The number of sulfonamides is 1. The van der Waals surface area contributed by atoms with Crippen LogP contribution in [0.25, 0.3) is 11.1 Å². The Labute approximate surface area is 171 Å². The zero-order valence-corrected chi connectivity index (χ0v) is 17.6. The summed E-state index contributed by atoms with van der Waals surface area (Å²) in [7, 11) is -0.270. The number of rotatable bonds is 5. The fourth-order valence-electron chi connectivity index (χ4n) is 3.78. The number of pyridine rings is 1. The second-order valence-electron chi connectivity index (χ2n) is 7.30. The van der Waals surface area contributed by atoms with Gasteiger partial charge in [-0.05, 0) is 55.2 Å². The molecule has 7 nitrogen and oxygen atoms in total. The van der Waals surface area contributed by atoms with Gasteiger partial charge in [-0.25, -0.2) is 13.4 Å². The van der Waals surface area contributed by atoms with Crippen molar-refractivity contribution in [2.75, 3.05) is 13.7 Å². The van der Waals surface area contributed by atoms with Crippen LogP contribution >= 0.6 is 0 Å². The lowest BCUT2D eigenvalue weighted by Gasteiger charge is -2.23. The van der Waals surface area contributed by atoms with Crippen LogP contribution in [0.15, 0.2) is 53.9 Å². The topological polar surface area (TPSA) is 77.3 Å². The van der Waals surface area contributed by atoms with Gasteiger partial charge in [-0.2, -0.15) is 4.31 Å². The summed E-state index contributed by atoms with van der Waals surface area (Å²) in [6.07, 6.45) is 4.58. The molecule has 2 aromatic heterocycles. The monoisotopic (exact) mass is 412 g/mol. The number of ether oxygens (including phenoxy) is 1. The third kappa shape index (κ3) is 3.77. The minimum Gasteiger partial charge on any atom is -0.497 e. The zero-order valence-electron chi connectivity index (χ0n) is 16.7. The van der Waals surface area contributed by atoms with Gasteiger partial charge in [0.2, 0.25) is 0 Å². The summed E-state index contributed by atoms with van der Waals surface area (Å²) >= 11 is 0. The zero-order chi connectivity index (χ0) is 20.6. The van der Waals surface area contributed by atoms with Crippen LogP contribution in [0.5, 0.6) is 5.75 Å². The minimum absolute atomic E-state index is 0.0786. The van der Waals surface area contributed by atoms with Gasteiger partial charge in [-0.15, -0.1) is 0 Å². The second-order valence-corrected chi connectivity index (χ2v) is 9.14. The maximum absolute atomic E-state index is 13.2. The van der Waals surface area contributed by atoms with Crippen molar-refractivity contribution in [1.82, 2.24) is 18.8 Å². The van der Waals surface area contributed by atoms with E-state index in [1.54, 1.807) is 18.7 Å². The molecule has 4 rings (SSSR count). The van der Waals surface area contributed by atoms with Crippen molar-refractivity contribution in [3.8, 4) is 16.9 Å². The first-order valence-electron chi connectivity index (χ1n) is 9.51. The molecule has 1 unspecified atom stereocenters. The molecule has 0 saturated carbocycles. The second kappa shape index (κ2) is 7.61. The van der Waals surface area contributed by atoms with Crippen molar-refractivity contribution in [2.24, 2.45) is 7.05 Å². The highest BCUT2D eigenvalue weighted by atomic mass is 32.2. The number of nitrogens with zero attached hydrogens (tertiary/aromatic N) is 4. The van der Waals surface area contributed by atoms with Crippen LogP contribution in [-0.4, -0.2) is 40.9 Å². The normalized spacial score (nSPS) is 17.6. The van der Waals surface area contributed by atoms with Gasteiger partial charge in [0.25, 0.3) is 10.0 Å². The molecule has 1 aliphatic rings. The molecule has 3 heterocycles. The number of hydrogen-bond donors (Lipinski definition) is 0. The molecule has 0 aliphatic carbocycles. The van der Waals surface area contributed by atoms with Gasteiger partial charge in [0.1, 0.15) is 5.75 Å². The highest BCUT2D eigenvalue weighted by Gasteiger charge is 2.38. The van der Waals surface area contributed by atoms with Gasteiger partial charge >= 0.3 is 0 Å². The minimum atomic E-state index is -3.67. The molecule has 0 spiro atoms. The number of aromatic nitrogens is 3. The van der Waals surface area contributed by atoms with Crippen molar-refractivity contribution in [3.05, 3.63) is 60.3 Å². The Morgan fingerprint density at radius 2 is 1.90 bits per heavy atom. The lowest BCUT2D eigenvalue weighted by molar-refractivity contribution is 0.388. The summed E-state index contributed by atoms with van der Waals surface area (Å²) in [5.41, 5.74) is 3.68. The fourth-order valence-corrected chi connectivity index (χ4v) is 5.42. The largest absolute Gasteiger partial charge is 0.497 e. The molecule has 3 aromatic rings. The van der Waals surface area contributed by atoms with Crippen LogP contribution < -0.4 is 4.74 Å². The fraction of sp³-hybridized carbons (Fsp3) is 0.333. The maximum atomic E-state index is 13.2. The van der Waals surface area contributed by atoms with E-state index >= 15 is 0 Å². The van der Waals surface area contributed by atoms with Crippen LogP contribution in [0.4, 0.5) is 0 Å². The summed E-state index contributed by atoms with van der Waals surface area (Å²) < 4.78 is 34.7. The van der Waals surface area contributed by atoms with Gasteiger partial charge in [-0.1, -0.05) is 12.1 Å². The molecule has 1 saturated heterocycles. The van der Waals surface area contributed by atoms with E-state index in [0.29, 0.717) is 6.54 Å². The Morgan fingerprint density at radius 1 is 1.14 bits per heavy atom. The number of methoxy groups -OCH3 is 1. The number of imidazole rings is 1. The molecular weight excluding hydrogens is 388 g/mol. The van der Waals surface area contributed by atoms with E-state index in [9.17, 15) is 8.42 Å². The van der Waals surface area contributed by atoms with Crippen molar-refractivity contribution < 1.29 is 13.2 Å². The van der Waals surface area contributed by atoms with Gasteiger partial charge in [-0.3, -0.25) is 4.98 Å². The first-order valence-corrected chi connectivity index (χ1v) is 11.0. The summed E-state index contributed by atoms with van der Waals surface area (Å²) in [6.45, 7) is 2.40. The van der Waals surface area contributed by atoms with Crippen molar-refractivity contribution in [3.63, 3.8) is 0 Å². The Hall–Kier alpha value is -2.71. The van der Waals surface area contributed by atoms with Gasteiger partial charge in [0, 0.05) is 25.5 Å². The molecule has 0 N–H and O–H groups in total. The lowest BCUT2D eigenvalue weighted by atomic mass is 10.0. The Morgan fingerprint density at radius 3 is 2.55 bits per heavy atom. The maximum Gasteiger partial charge on any atom is 0.262 e. The van der Waals surface area contributed by atoms with Crippen LogP contribution in [0.1, 0.15) is 30.3 Å². The quantitative estimate of drug-likeness (QED) is 0.642. The van der Waals surface area contributed by atoms with Crippen molar-refractivity contribution in [1.29, 1.82) is 0 Å². The predicted octanol–water partition coefficient (Wildman–Crippen LogP) is 3.32. The molecule has 1 fully saturated rings. The van der Waals surface area contributed by atoms with Gasteiger partial charge in [0.05, 0.1) is 25.2 Å². The van der Waals surface area contributed by atoms with E-state index in [-0.39, 0.29) is 11.1 Å². The van der Waals surface area contributed by atoms with E-state index in [4.69, 9.17) is 4.74 Å². The third-order valence-corrected chi connectivity index (χ3v) is 6.99.